The van der Waals surface area contributed by atoms with E-state index in [-0.39, 0.29) is 11.4 Å². The van der Waals surface area contributed by atoms with Crippen LogP contribution in [0.2, 0.25) is 0 Å². The average molecular weight is 254 g/mol. The lowest BCUT2D eigenvalue weighted by atomic mass is 10.2. The van der Waals surface area contributed by atoms with Crippen molar-refractivity contribution < 1.29 is 8.95 Å². The largest absolute Gasteiger partial charge is 0.377 e. The van der Waals surface area contributed by atoms with Gasteiger partial charge in [-0.1, -0.05) is 0 Å². The number of nitrogens with zero attached hydrogens (tertiary/aromatic N) is 1. The molecule has 4 nitrogen and oxygen atoms in total. The van der Waals surface area contributed by atoms with Crippen molar-refractivity contribution in [1.29, 1.82) is 0 Å². The van der Waals surface area contributed by atoms with E-state index < -0.39 is 10.8 Å². The van der Waals surface area contributed by atoms with E-state index in [0.717, 1.165) is 24.3 Å². The summed E-state index contributed by atoms with van der Waals surface area (Å²) in [6.07, 6.45) is 2.72. The van der Waals surface area contributed by atoms with Gasteiger partial charge in [-0.25, -0.2) is 0 Å². The van der Waals surface area contributed by atoms with Gasteiger partial charge in [-0.2, -0.15) is 0 Å². The van der Waals surface area contributed by atoms with Gasteiger partial charge in [0.15, 0.2) is 0 Å². The monoisotopic (exact) mass is 254 g/mol. The quantitative estimate of drug-likeness (QED) is 0.869. The Balaban J connectivity index is 2.02. The van der Waals surface area contributed by atoms with Crippen LogP contribution in [-0.4, -0.2) is 27.2 Å². The van der Waals surface area contributed by atoms with Crippen LogP contribution >= 0.6 is 0 Å². The first-order valence-corrected chi connectivity index (χ1v) is 7.21. The van der Waals surface area contributed by atoms with Crippen molar-refractivity contribution in [2.45, 2.75) is 37.0 Å². The minimum atomic E-state index is -0.880. The molecule has 3 atom stereocenters. The average Bonchev–Trinajstić information content (AvgIpc) is 2.76. The summed E-state index contributed by atoms with van der Waals surface area (Å²) in [7, 11) is -0.880. The summed E-state index contributed by atoms with van der Waals surface area (Å²) in [4.78, 5) is 4.13. The molecule has 94 valence electrons. The molecule has 2 N–H and O–H groups in total. The molecule has 1 fully saturated rings. The Morgan fingerprint density at radius 3 is 3.12 bits per heavy atom. The second-order valence-corrected chi connectivity index (χ2v) is 5.94. The fourth-order valence-corrected chi connectivity index (χ4v) is 3.65. The van der Waals surface area contributed by atoms with E-state index >= 15 is 0 Å². The molecule has 1 aliphatic rings. The number of ether oxygens (including phenoxy) is 1. The SMILES string of the molecule is CC1OCCC1S(=O)Cc1ccnc(CN)c1. The molecule has 0 saturated carbocycles. The van der Waals surface area contributed by atoms with Gasteiger partial charge in [0.25, 0.3) is 0 Å². The molecule has 1 aromatic rings. The number of rotatable bonds is 4. The number of hydrogen-bond acceptors (Lipinski definition) is 4. The molecule has 2 rings (SSSR count). The summed E-state index contributed by atoms with van der Waals surface area (Å²) >= 11 is 0. The highest BCUT2D eigenvalue weighted by Crippen LogP contribution is 2.21. The summed E-state index contributed by atoms with van der Waals surface area (Å²) < 4.78 is 17.6. The Morgan fingerprint density at radius 1 is 1.65 bits per heavy atom. The second kappa shape index (κ2) is 5.71. The van der Waals surface area contributed by atoms with Gasteiger partial charge in [-0.05, 0) is 31.0 Å². The van der Waals surface area contributed by atoms with Gasteiger partial charge >= 0.3 is 0 Å². The van der Waals surface area contributed by atoms with Crippen LogP contribution in [0.4, 0.5) is 0 Å². The summed E-state index contributed by atoms with van der Waals surface area (Å²) in [6.45, 7) is 3.14. The van der Waals surface area contributed by atoms with Crippen LogP contribution in [-0.2, 0) is 27.8 Å². The number of pyridine rings is 1. The van der Waals surface area contributed by atoms with Crippen LogP contribution in [0, 0.1) is 0 Å². The predicted octanol–water partition coefficient (Wildman–Crippen LogP) is 0.966. The normalized spacial score (nSPS) is 26.0. The van der Waals surface area contributed by atoms with Gasteiger partial charge in [-0.3, -0.25) is 9.19 Å². The fourth-order valence-electron chi connectivity index (χ4n) is 2.06. The standard InChI is InChI=1S/C12H18N2O2S/c1-9-12(3-5-16-9)17(15)8-10-2-4-14-11(6-10)7-13/h2,4,6,9,12H,3,5,7-8,13H2,1H3. The van der Waals surface area contributed by atoms with Crippen LogP contribution in [0.15, 0.2) is 18.3 Å². The van der Waals surface area contributed by atoms with E-state index in [9.17, 15) is 4.21 Å². The fraction of sp³-hybridized carbons (Fsp3) is 0.583. The third-order valence-corrected chi connectivity index (χ3v) is 4.96. The first-order chi connectivity index (χ1) is 8.20. The molecule has 0 aromatic carbocycles. The topological polar surface area (TPSA) is 65.2 Å². The van der Waals surface area contributed by atoms with E-state index in [1.807, 2.05) is 19.1 Å². The molecular formula is C12H18N2O2S. The zero-order valence-corrected chi connectivity index (χ0v) is 10.8. The Kier molecular flexibility index (Phi) is 4.25. The van der Waals surface area contributed by atoms with E-state index in [1.165, 1.54) is 0 Å². The zero-order valence-electron chi connectivity index (χ0n) is 9.96. The second-order valence-electron chi connectivity index (χ2n) is 4.29. The van der Waals surface area contributed by atoms with E-state index in [2.05, 4.69) is 4.98 Å². The Morgan fingerprint density at radius 2 is 2.47 bits per heavy atom. The van der Waals surface area contributed by atoms with E-state index in [1.54, 1.807) is 6.20 Å². The van der Waals surface area contributed by atoms with E-state index in [0.29, 0.717) is 12.3 Å². The minimum absolute atomic E-state index is 0.103. The molecule has 1 aliphatic heterocycles. The van der Waals surface area contributed by atoms with Crippen LogP contribution < -0.4 is 5.73 Å². The molecule has 3 unspecified atom stereocenters. The number of nitrogens with two attached hydrogens (primary N) is 1. The molecular weight excluding hydrogens is 236 g/mol. The molecule has 0 amide bonds. The Hall–Kier alpha value is -0.780. The molecule has 0 spiro atoms. The molecule has 0 aliphatic carbocycles. The third-order valence-electron chi connectivity index (χ3n) is 3.04. The lowest BCUT2D eigenvalue weighted by Crippen LogP contribution is -2.24. The molecule has 1 saturated heterocycles. The predicted molar refractivity (Wildman–Crippen MR) is 67.8 cm³/mol. The van der Waals surface area contributed by atoms with Crippen molar-refractivity contribution >= 4 is 10.8 Å². The maximum atomic E-state index is 12.2. The van der Waals surface area contributed by atoms with Crippen LogP contribution in [0.5, 0.6) is 0 Å². The van der Waals surface area contributed by atoms with Gasteiger partial charge in [0, 0.05) is 35.9 Å². The Bertz CT molecular complexity index is 411. The van der Waals surface area contributed by atoms with Crippen LogP contribution in [0.25, 0.3) is 0 Å². The lowest BCUT2D eigenvalue weighted by Gasteiger charge is -2.13. The van der Waals surface area contributed by atoms with Crippen molar-refractivity contribution in [3.8, 4) is 0 Å². The summed E-state index contributed by atoms with van der Waals surface area (Å²) in [5, 5.41) is 0.157. The van der Waals surface area contributed by atoms with Crippen molar-refractivity contribution in [2.24, 2.45) is 5.73 Å². The lowest BCUT2D eigenvalue weighted by molar-refractivity contribution is 0.127. The Labute approximate surface area is 104 Å². The molecule has 5 heteroatoms. The van der Waals surface area contributed by atoms with Gasteiger partial charge in [-0.15, -0.1) is 0 Å². The summed E-state index contributed by atoms with van der Waals surface area (Å²) in [6, 6.07) is 3.83. The molecule has 1 aromatic heterocycles. The first kappa shape index (κ1) is 12.7. The highest BCUT2D eigenvalue weighted by atomic mass is 32.2. The highest BCUT2D eigenvalue weighted by molar-refractivity contribution is 7.84. The minimum Gasteiger partial charge on any atom is -0.377 e. The third kappa shape index (κ3) is 3.12. The zero-order chi connectivity index (χ0) is 12.3. The highest BCUT2D eigenvalue weighted by Gasteiger charge is 2.29. The van der Waals surface area contributed by atoms with Gasteiger partial charge < -0.3 is 10.5 Å². The smallest absolute Gasteiger partial charge is 0.0691 e. The number of aromatic nitrogens is 1. The van der Waals surface area contributed by atoms with Crippen molar-refractivity contribution in [2.75, 3.05) is 6.61 Å². The van der Waals surface area contributed by atoms with Gasteiger partial charge in [0.1, 0.15) is 0 Å². The summed E-state index contributed by atoms with van der Waals surface area (Å²) in [5.74, 6) is 0.563. The molecule has 17 heavy (non-hydrogen) atoms. The van der Waals surface area contributed by atoms with Crippen molar-refractivity contribution in [3.63, 3.8) is 0 Å². The molecule has 0 radical (unpaired) electrons. The van der Waals surface area contributed by atoms with Gasteiger partial charge in [0.05, 0.1) is 17.0 Å². The van der Waals surface area contributed by atoms with Crippen molar-refractivity contribution in [1.82, 2.24) is 4.98 Å². The van der Waals surface area contributed by atoms with Gasteiger partial charge in [0.2, 0.25) is 0 Å². The molecule has 2 heterocycles. The molecule has 0 bridgehead atoms. The van der Waals surface area contributed by atoms with Crippen molar-refractivity contribution in [3.05, 3.63) is 29.6 Å². The van der Waals surface area contributed by atoms with Crippen LogP contribution in [0.1, 0.15) is 24.6 Å². The summed E-state index contributed by atoms with van der Waals surface area (Å²) in [5.41, 5.74) is 7.42. The maximum Gasteiger partial charge on any atom is 0.0691 e. The first-order valence-electron chi connectivity index (χ1n) is 5.83. The van der Waals surface area contributed by atoms with E-state index in [4.69, 9.17) is 10.5 Å². The van der Waals surface area contributed by atoms with Crippen LogP contribution in [0.3, 0.4) is 0 Å². The number of hydrogen-bond donors (Lipinski definition) is 1. The maximum absolute atomic E-state index is 12.2.